The molecule has 2 aromatic rings. The summed E-state index contributed by atoms with van der Waals surface area (Å²) in [7, 11) is 3.99. The summed E-state index contributed by atoms with van der Waals surface area (Å²) >= 11 is 0. The lowest BCUT2D eigenvalue weighted by atomic mass is 10.1. The number of benzene rings is 2. The summed E-state index contributed by atoms with van der Waals surface area (Å²) in [5, 5.41) is 10.0. The zero-order valence-electron chi connectivity index (χ0n) is 12.2. The lowest BCUT2D eigenvalue weighted by Crippen LogP contribution is -2.08. The minimum absolute atomic E-state index is 0.497. The molecule has 1 atom stereocenters. The van der Waals surface area contributed by atoms with Crippen LogP contribution in [0.5, 0.6) is 11.5 Å². The van der Waals surface area contributed by atoms with E-state index >= 15 is 0 Å². The molecular formula is C17H21NO2. The van der Waals surface area contributed by atoms with E-state index in [9.17, 15) is 5.11 Å². The Morgan fingerprint density at radius 2 is 1.85 bits per heavy atom. The van der Waals surface area contributed by atoms with Gasteiger partial charge in [0.1, 0.15) is 11.5 Å². The van der Waals surface area contributed by atoms with Crippen molar-refractivity contribution in [1.29, 1.82) is 0 Å². The average molecular weight is 271 g/mol. The first-order chi connectivity index (χ1) is 9.61. The van der Waals surface area contributed by atoms with E-state index in [2.05, 4.69) is 0 Å². The van der Waals surface area contributed by atoms with E-state index in [1.54, 1.807) is 0 Å². The van der Waals surface area contributed by atoms with E-state index in [4.69, 9.17) is 4.74 Å². The molecule has 0 bridgehead atoms. The third-order valence-electron chi connectivity index (χ3n) is 3.23. The summed E-state index contributed by atoms with van der Waals surface area (Å²) in [5.41, 5.74) is 1.90. The number of hydrogen-bond acceptors (Lipinski definition) is 3. The van der Waals surface area contributed by atoms with Crippen LogP contribution in [0.15, 0.2) is 48.5 Å². The van der Waals surface area contributed by atoms with Crippen LogP contribution in [0.3, 0.4) is 0 Å². The van der Waals surface area contributed by atoms with Crippen LogP contribution in [0.2, 0.25) is 0 Å². The van der Waals surface area contributed by atoms with Crippen molar-refractivity contribution in [2.45, 2.75) is 19.4 Å². The number of para-hydroxylation sites is 1. The van der Waals surface area contributed by atoms with Crippen molar-refractivity contribution >= 4 is 5.69 Å². The molecule has 0 aliphatic heterocycles. The van der Waals surface area contributed by atoms with Crippen molar-refractivity contribution < 1.29 is 9.84 Å². The smallest absolute Gasteiger partial charge is 0.133 e. The first-order valence-corrected chi connectivity index (χ1v) is 6.84. The second-order valence-corrected chi connectivity index (χ2v) is 4.96. The van der Waals surface area contributed by atoms with Crippen molar-refractivity contribution in [3.05, 3.63) is 54.1 Å². The number of rotatable bonds is 5. The molecule has 0 spiro atoms. The van der Waals surface area contributed by atoms with Gasteiger partial charge in [-0.1, -0.05) is 31.2 Å². The molecule has 0 aromatic heterocycles. The zero-order chi connectivity index (χ0) is 14.5. The molecule has 2 rings (SSSR count). The third kappa shape index (κ3) is 3.31. The molecule has 1 unspecified atom stereocenters. The lowest BCUT2D eigenvalue weighted by Gasteiger charge is -2.17. The van der Waals surface area contributed by atoms with Gasteiger partial charge in [-0.3, -0.25) is 0 Å². The second kappa shape index (κ2) is 6.44. The molecule has 0 amide bonds. The third-order valence-corrected chi connectivity index (χ3v) is 3.23. The number of hydrogen-bond donors (Lipinski definition) is 1. The van der Waals surface area contributed by atoms with E-state index in [1.807, 2.05) is 74.4 Å². The van der Waals surface area contributed by atoms with Crippen LogP contribution in [0.4, 0.5) is 5.69 Å². The van der Waals surface area contributed by atoms with E-state index in [1.165, 1.54) is 0 Å². The Bertz CT molecular complexity index is 566. The molecule has 0 heterocycles. The molecular weight excluding hydrogens is 250 g/mol. The fourth-order valence-electron chi connectivity index (χ4n) is 2.02. The topological polar surface area (TPSA) is 32.7 Å². The predicted molar refractivity (Wildman–Crippen MR) is 82.5 cm³/mol. The van der Waals surface area contributed by atoms with Crippen molar-refractivity contribution in [2.75, 3.05) is 19.0 Å². The highest BCUT2D eigenvalue weighted by molar-refractivity contribution is 5.51. The lowest BCUT2D eigenvalue weighted by molar-refractivity contribution is 0.170. The average Bonchev–Trinajstić information content (AvgIpc) is 2.47. The summed E-state index contributed by atoms with van der Waals surface area (Å²) < 4.78 is 5.94. The van der Waals surface area contributed by atoms with Gasteiger partial charge in [-0.05, 0) is 24.6 Å². The van der Waals surface area contributed by atoms with Crippen molar-refractivity contribution in [1.82, 2.24) is 0 Å². The Morgan fingerprint density at radius 1 is 1.10 bits per heavy atom. The van der Waals surface area contributed by atoms with Gasteiger partial charge in [-0.2, -0.15) is 0 Å². The van der Waals surface area contributed by atoms with Crippen molar-refractivity contribution in [2.24, 2.45) is 0 Å². The van der Waals surface area contributed by atoms with Gasteiger partial charge in [0.05, 0.1) is 6.10 Å². The summed E-state index contributed by atoms with van der Waals surface area (Å²) in [6.07, 6.45) is 0.168. The van der Waals surface area contributed by atoms with Crippen molar-refractivity contribution in [3.63, 3.8) is 0 Å². The molecule has 0 aliphatic rings. The van der Waals surface area contributed by atoms with Gasteiger partial charge in [0.2, 0.25) is 0 Å². The minimum atomic E-state index is -0.497. The van der Waals surface area contributed by atoms with E-state index in [0.29, 0.717) is 12.2 Å². The fraction of sp³-hybridized carbons (Fsp3) is 0.294. The molecule has 0 saturated carbocycles. The Labute approximate surface area is 120 Å². The van der Waals surface area contributed by atoms with Gasteiger partial charge in [0.25, 0.3) is 0 Å². The molecule has 1 N–H and O–H groups in total. The highest BCUT2D eigenvalue weighted by Gasteiger charge is 2.12. The van der Waals surface area contributed by atoms with Crippen LogP contribution in [-0.4, -0.2) is 19.2 Å². The van der Waals surface area contributed by atoms with Gasteiger partial charge >= 0.3 is 0 Å². The molecule has 0 aliphatic carbocycles. The minimum Gasteiger partial charge on any atom is -0.457 e. The Morgan fingerprint density at radius 3 is 2.55 bits per heavy atom. The van der Waals surface area contributed by atoms with Gasteiger partial charge < -0.3 is 14.7 Å². The zero-order valence-corrected chi connectivity index (χ0v) is 12.2. The Kier molecular flexibility index (Phi) is 4.64. The number of ether oxygens (including phenoxy) is 1. The van der Waals surface area contributed by atoms with E-state index in [-0.39, 0.29) is 0 Å². The highest BCUT2D eigenvalue weighted by Crippen LogP contribution is 2.32. The predicted octanol–water partition coefficient (Wildman–Crippen LogP) is 3.99. The van der Waals surface area contributed by atoms with Gasteiger partial charge in [0, 0.05) is 31.4 Å². The number of aliphatic hydroxyl groups excluding tert-OH is 1. The standard InChI is InChI=1S/C17H21NO2/c1-4-16(19)15-10-5-6-11-17(15)20-14-9-7-8-13(12-14)18(2)3/h5-12,16,19H,4H2,1-3H3. The summed E-state index contributed by atoms with van der Waals surface area (Å²) in [4.78, 5) is 2.03. The Balaban J connectivity index is 2.28. The normalized spacial score (nSPS) is 12.0. The maximum absolute atomic E-state index is 10.0. The van der Waals surface area contributed by atoms with Gasteiger partial charge in [-0.25, -0.2) is 0 Å². The number of aliphatic hydroxyl groups is 1. The van der Waals surface area contributed by atoms with Crippen LogP contribution in [0.25, 0.3) is 0 Å². The first-order valence-electron chi connectivity index (χ1n) is 6.84. The molecule has 20 heavy (non-hydrogen) atoms. The van der Waals surface area contributed by atoms with E-state index < -0.39 is 6.10 Å². The van der Waals surface area contributed by atoms with Crippen LogP contribution in [0.1, 0.15) is 25.0 Å². The van der Waals surface area contributed by atoms with Gasteiger partial charge in [0.15, 0.2) is 0 Å². The second-order valence-electron chi connectivity index (χ2n) is 4.96. The monoisotopic (exact) mass is 271 g/mol. The van der Waals surface area contributed by atoms with Gasteiger partial charge in [-0.15, -0.1) is 0 Å². The largest absolute Gasteiger partial charge is 0.457 e. The highest BCUT2D eigenvalue weighted by atomic mass is 16.5. The maximum atomic E-state index is 10.0. The molecule has 0 fully saturated rings. The summed E-state index contributed by atoms with van der Waals surface area (Å²) in [6, 6.07) is 15.5. The molecule has 2 aromatic carbocycles. The molecule has 0 saturated heterocycles. The summed E-state index contributed by atoms with van der Waals surface area (Å²) in [5.74, 6) is 1.48. The number of anilines is 1. The summed E-state index contributed by atoms with van der Waals surface area (Å²) in [6.45, 7) is 1.95. The molecule has 0 radical (unpaired) electrons. The van der Waals surface area contributed by atoms with Crippen molar-refractivity contribution in [3.8, 4) is 11.5 Å². The fourth-order valence-corrected chi connectivity index (χ4v) is 2.02. The van der Waals surface area contributed by atoms with Crippen LogP contribution in [-0.2, 0) is 0 Å². The Hall–Kier alpha value is -2.00. The molecule has 3 heteroatoms. The molecule has 106 valence electrons. The maximum Gasteiger partial charge on any atom is 0.133 e. The SMILES string of the molecule is CCC(O)c1ccccc1Oc1cccc(N(C)C)c1. The first kappa shape index (κ1) is 14.4. The van der Waals surface area contributed by atoms with Crippen LogP contribution in [0, 0.1) is 0 Å². The quantitative estimate of drug-likeness (QED) is 0.892. The number of nitrogens with zero attached hydrogens (tertiary/aromatic N) is 1. The molecule has 3 nitrogen and oxygen atoms in total. The van der Waals surface area contributed by atoms with Crippen LogP contribution < -0.4 is 9.64 Å². The van der Waals surface area contributed by atoms with E-state index in [0.717, 1.165) is 17.0 Å². The van der Waals surface area contributed by atoms with Crippen LogP contribution >= 0.6 is 0 Å².